The Balaban J connectivity index is 1.42. The van der Waals surface area contributed by atoms with Gasteiger partial charge in [-0.15, -0.1) is 0 Å². The standard InChI is InChI=1S/C20H28N4/c1-2-24-15-19(10-21-24)12-22-11-18-8-9-20(16-22)23(14-18)13-17-6-4-3-5-7-17/h3-7,10,15,18,20H,2,8-9,11-14,16H2,1H3/t18-,20+/m1/s1. The van der Waals surface area contributed by atoms with E-state index < -0.39 is 0 Å². The Morgan fingerprint density at radius 3 is 2.67 bits per heavy atom. The molecule has 3 aliphatic heterocycles. The van der Waals surface area contributed by atoms with E-state index in [-0.39, 0.29) is 0 Å². The molecule has 3 fully saturated rings. The third kappa shape index (κ3) is 3.55. The van der Waals surface area contributed by atoms with Gasteiger partial charge in [0.1, 0.15) is 0 Å². The second-order valence-electron chi connectivity index (χ2n) is 7.41. The fourth-order valence-corrected chi connectivity index (χ4v) is 4.34. The van der Waals surface area contributed by atoms with Gasteiger partial charge in [0.2, 0.25) is 0 Å². The van der Waals surface area contributed by atoms with Gasteiger partial charge >= 0.3 is 0 Å². The average Bonchev–Trinajstić information content (AvgIpc) is 2.88. The summed E-state index contributed by atoms with van der Waals surface area (Å²) in [6, 6.07) is 11.6. The van der Waals surface area contributed by atoms with Gasteiger partial charge in [-0.2, -0.15) is 5.10 Å². The summed E-state index contributed by atoms with van der Waals surface area (Å²) in [5.41, 5.74) is 2.80. The summed E-state index contributed by atoms with van der Waals surface area (Å²) in [6.45, 7) is 8.93. The zero-order valence-electron chi connectivity index (χ0n) is 14.6. The molecule has 2 atom stereocenters. The summed E-state index contributed by atoms with van der Waals surface area (Å²) in [4.78, 5) is 5.38. The Hall–Kier alpha value is -1.65. The largest absolute Gasteiger partial charge is 0.297 e. The molecule has 0 amide bonds. The van der Waals surface area contributed by atoms with Crippen LogP contribution in [0, 0.1) is 5.92 Å². The van der Waals surface area contributed by atoms with Crippen LogP contribution in [0.3, 0.4) is 0 Å². The highest BCUT2D eigenvalue weighted by atomic mass is 15.3. The molecule has 1 aromatic carbocycles. The minimum absolute atomic E-state index is 0.699. The minimum atomic E-state index is 0.699. The zero-order chi connectivity index (χ0) is 16.4. The Morgan fingerprint density at radius 1 is 1.00 bits per heavy atom. The molecule has 128 valence electrons. The second-order valence-corrected chi connectivity index (χ2v) is 7.41. The van der Waals surface area contributed by atoms with Crippen molar-refractivity contribution in [3.63, 3.8) is 0 Å². The minimum Gasteiger partial charge on any atom is -0.297 e. The van der Waals surface area contributed by atoms with Gasteiger partial charge in [0.05, 0.1) is 6.20 Å². The number of benzene rings is 1. The first kappa shape index (κ1) is 15.9. The highest BCUT2D eigenvalue weighted by Gasteiger charge is 2.34. The molecule has 3 saturated heterocycles. The van der Waals surface area contributed by atoms with Crippen molar-refractivity contribution in [2.45, 2.75) is 45.4 Å². The Bertz CT molecular complexity index is 651. The summed E-state index contributed by atoms with van der Waals surface area (Å²) in [6.07, 6.45) is 6.98. The van der Waals surface area contributed by atoms with Gasteiger partial charge < -0.3 is 0 Å². The van der Waals surface area contributed by atoms with Gasteiger partial charge in [0.15, 0.2) is 0 Å². The molecule has 2 bridgehead atoms. The molecule has 3 aliphatic rings. The topological polar surface area (TPSA) is 24.3 Å². The summed E-state index contributed by atoms with van der Waals surface area (Å²) in [5.74, 6) is 0.814. The van der Waals surface area contributed by atoms with E-state index in [2.05, 4.69) is 58.4 Å². The Morgan fingerprint density at radius 2 is 1.88 bits per heavy atom. The van der Waals surface area contributed by atoms with Crippen molar-refractivity contribution in [1.82, 2.24) is 19.6 Å². The van der Waals surface area contributed by atoms with Gasteiger partial charge in [-0.05, 0) is 31.2 Å². The molecule has 0 aliphatic carbocycles. The highest BCUT2D eigenvalue weighted by molar-refractivity contribution is 5.15. The molecule has 1 aromatic heterocycles. The van der Waals surface area contributed by atoms with Crippen molar-refractivity contribution in [2.75, 3.05) is 19.6 Å². The van der Waals surface area contributed by atoms with Gasteiger partial charge in [-0.25, -0.2) is 0 Å². The van der Waals surface area contributed by atoms with E-state index in [1.165, 1.54) is 43.6 Å². The van der Waals surface area contributed by atoms with E-state index in [0.29, 0.717) is 6.04 Å². The Kier molecular flexibility index (Phi) is 4.67. The van der Waals surface area contributed by atoms with Gasteiger partial charge in [0.25, 0.3) is 0 Å². The lowest BCUT2D eigenvalue weighted by Gasteiger charge is -2.36. The maximum Gasteiger partial charge on any atom is 0.0534 e. The highest BCUT2D eigenvalue weighted by Crippen LogP contribution is 2.29. The molecule has 0 spiro atoms. The van der Waals surface area contributed by atoms with Crippen LogP contribution in [0.4, 0.5) is 0 Å². The zero-order valence-corrected chi connectivity index (χ0v) is 14.6. The quantitative estimate of drug-likeness (QED) is 0.845. The number of aromatic nitrogens is 2. The molecule has 0 saturated carbocycles. The first-order valence-electron chi connectivity index (χ1n) is 9.32. The third-order valence-corrected chi connectivity index (χ3v) is 5.55. The van der Waals surface area contributed by atoms with Crippen LogP contribution in [0.2, 0.25) is 0 Å². The fourth-order valence-electron chi connectivity index (χ4n) is 4.34. The van der Waals surface area contributed by atoms with E-state index in [0.717, 1.165) is 25.6 Å². The van der Waals surface area contributed by atoms with Crippen LogP contribution in [-0.4, -0.2) is 45.3 Å². The molecule has 4 heteroatoms. The molecule has 2 aromatic rings. The summed E-state index contributed by atoms with van der Waals surface area (Å²) >= 11 is 0. The van der Waals surface area contributed by atoms with E-state index in [4.69, 9.17) is 0 Å². The van der Waals surface area contributed by atoms with Crippen molar-refractivity contribution in [1.29, 1.82) is 0 Å². The summed E-state index contributed by atoms with van der Waals surface area (Å²) < 4.78 is 2.03. The fraction of sp³-hybridized carbons (Fsp3) is 0.550. The van der Waals surface area contributed by atoms with Crippen molar-refractivity contribution >= 4 is 0 Å². The normalized spacial score (nSPS) is 25.0. The number of hydrogen-bond acceptors (Lipinski definition) is 3. The van der Waals surface area contributed by atoms with Crippen LogP contribution in [0.1, 0.15) is 30.9 Å². The van der Waals surface area contributed by atoms with Gasteiger partial charge in [-0.3, -0.25) is 14.5 Å². The monoisotopic (exact) mass is 324 g/mol. The first-order chi connectivity index (χ1) is 11.8. The summed E-state index contributed by atoms with van der Waals surface area (Å²) in [7, 11) is 0. The lowest BCUT2D eigenvalue weighted by Crippen LogP contribution is -2.43. The third-order valence-electron chi connectivity index (χ3n) is 5.55. The molecular formula is C20H28N4. The molecule has 0 unspecified atom stereocenters. The number of hydrogen-bond donors (Lipinski definition) is 0. The van der Waals surface area contributed by atoms with Crippen molar-refractivity contribution < 1.29 is 0 Å². The van der Waals surface area contributed by atoms with Crippen LogP contribution < -0.4 is 0 Å². The van der Waals surface area contributed by atoms with Crippen LogP contribution in [-0.2, 0) is 19.6 Å². The van der Waals surface area contributed by atoms with Crippen LogP contribution in [0.5, 0.6) is 0 Å². The number of fused-ring (bicyclic) bond motifs is 4. The molecule has 5 rings (SSSR count). The van der Waals surface area contributed by atoms with E-state index in [1.807, 2.05) is 10.9 Å². The van der Waals surface area contributed by atoms with E-state index in [9.17, 15) is 0 Å². The summed E-state index contributed by atoms with van der Waals surface area (Å²) in [5, 5.41) is 4.43. The SMILES string of the molecule is CCn1cc(CN2C[C@H]3CC[C@@H](C2)N(Cc2ccccc2)C3)cn1. The van der Waals surface area contributed by atoms with Crippen molar-refractivity contribution in [2.24, 2.45) is 5.92 Å². The molecule has 0 radical (unpaired) electrons. The van der Waals surface area contributed by atoms with Crippen LogP contribution in [0.25, 0.3) is 0 Å². The molecular weight excluding hydrogens is 296 g/mol. The first-order valence-corrected chi connectivity index (χ1v) is 9.32. The Labute approximate surface area is 145 Å². The van der Waals surface area contributed by atoms with E-state index in [1.54, 1.807) is 0 Å². The number of nitrogens with zero attached hydrogens (tertiary/aromatic N) is 4. The van der Waals surface area contributed by atoms with Crippen molar-refractivity contribution in [3.8, 4) is 0 Å². The smallest absolute Gasteiger partial charge is 0.0534 e. The lowest BCUT2D eigenvalue weighted by molar-refractivity contribution is 0.123. The molecule has 24 heavy (non-hydrogen) atoms. The van der Waals surface area contributed by atoms with Crippen molar-refractivity contribution in [3.05, 3.63) is 53.9 Å². The van der Waals surface area contributed by atoms with Crippen LogP contribution in [0.15, 0.2) is 42.7 Å². The predicted molar refractivity (Wildman–Crippen MR) is 96.5 cm³/mol. The van der Waals surface area contributed by atoms with Gasteiger partial charge in [0, 0.05) is 57.1 Å². The lowest BCUT2D eigenvalue weighted by atomic mass is 9.94. The maximum absolute atomic E-state index is 4.43. The average molecular weight is 324 g/mol. The predicted octanol–water partition coefficient (Wildman–Crippen LogP) is 3.00. The molecule has 4 heterocycles. The second kappa shape index (κ2) is 7.08. The number of rotatable bonds is 5. The van der Waals surface area contributed by atoms with Gasteiger partial charge in [-0.1, -0.05) is 30.3 Å². The molecule has 4 nitrogen and oxygen atoms in total. The van der Waals surface area contributed by atoms with E-state index >= 15 is 0 Å². The van der Waals surface area contributed by atoms with Crippen LogP contribution >= 0.6 is 0 Å². The number of piperidine rings is 1. The number of aryl methyl sites for hydroxylation is 1. The molecule has 0 N–H and O–H groups in total. The maximum atomic E-state index is 4.43.